The van der Waals surface area contributed by atoms with Gasteiger partial charge in [-0.3, -0.25) is 19.9 Å². The third kappa shape index (κ3) is 4.99. The van der Waals surface area contributed by atoms with Gasteiger partial charge >= 0.3 is 6.01 Å². The summed E-state index contributed by atoms with van der Waals surface area (Å²) in [5, 5.41) is 3.82. The molecule has 168 valence electrons. The molecule has 2 heterocycles. The topological polar surface area (TPSA) is 139 Å². The number of benzene rings is 2. The maximum atomic E-state index is 12.7. The van der Waals surface area contributed by atoms with Crippen molar-refractivity contribution in [2.24, 2.45) is 0 Å². The van der Waals surface area contributed by atoms with Crippen molar-refractivity contribution in [3.8, 4) is 11.4 Å². The Balaban J connectivity index is 1.40. The minimum absolute atomic E-state index is 0.00733. The Labute approximate surface area is 190 Å². The number of carbonyl (C=O) groups is 1. The molecule has 0 atom stereocenters. The zero-order chi connectivity index (χ0) is 23.4. The van der Waals surface area contributed by atoms with Crippen LogP contribution in [-0.4, -0.2) is 29.4 Å². The minimum Gasteiger partial charge on any atom is -0.313 e. The molecule has 0 unspecified atom stereocenters. The summed E-state index contributed by atoms with van der Waals surface area (Å²) in [6.45, 7) is 3.75. The Morgan fingerprint density at radius 2 is 1.70 bits per heavy atom. The van der Waals surface area contributed by atoms with Crippen LogP contribution in [0.2, 0.25) is 0 Å². The van der Waals surface area contributed by atoms with Crippen LogP contribution in [0.25, 0.3) is 11.4 Å². The number of carbonyl (C=O) groups excluding carboxylic acids is 1. The smallest absolute Gasteiger partial charge is 0.313 e. The second kappa shape index (κ2) is 9.09. The van der Waals surface area contributed by atoms with E-state index >= 15 is 0 Å². The summed E-state index contributed by atoms with van der Waals surface area (Å²) in [5.74, 6) is -0.176. The van der Waals surface area contributed by atoms with Crippen molar-refractivity contribution in [2.75, 3.05) is 10.1 Å². The quantitative estimate of drug-likeness (QED) is 0.354. The van der Waals surface area contributed by atoms with Gasteiger partial charge in [-0.15, -0.1) is 0 Å². The summed E-state index contributed by atoms with van der Waals surface area (Å²) in [5.41, 5.74) is 8.24. The molecule has 3 N–H and O–H groups in total. The zero-order valence-corrected chi connectivity index (χ0v) is 18.6. The lowest BCUT2D eigenvalue weighted by molar-refractivity contribution is 0.0961. The lowest BCUT2D eigenvalue weighted by Crippen LogP contribution is -2.29. The Bertz CT molecular complexity index is 1390. The molecule has 11 heteroatoms. The second-order valence-corrected chi connectivity index (χ2v) is 8.80. The first-order valence-corrected chi connectivity index (χ1v) is 11.3. The molecule has 0 aliphatic heterocycles. The molecule has 0 spiro atoms. The molecule has 0 saturated heterocycles. The standard InChI is InChI=1S/C22H20N6O4S/c1-14-4-3-5-19(15(14)2)28-33(30,31)18-8-6-17(7-9-18)21(29)25-26-22-24-20(27-32-22)16-10-12-23-13-11-16/h3-13,28H,1-2H3,(H,25,29)(H,24,26,27). The zero-order valence-electron chi connectivity index (χ0n) is 17.7. The molecule has 0 aliphatic carbocycles. The predicted molar refractivity (Wildman–Crippen MR) is 122 cm³/mol. The van der Waals surface area contributed by atoms with Crippen LogP contribution in [0.15, 0.2) is 76.4 Å². The van der Waals surface area contributed by atoms with Gasteiger partial charge in [0.15, 0.2) is 0 Å². The molecular formula is C22H20N6O4S. The number of hydrogen-bond acceptors (Lipinski definition) is 8. The number of nitrogens with one attached hydrogen (secondary N) is 3. The molecule has 33 heavy (non-hydrogen) atoms. The van der Waals surface area contributed by atoms with Gasteiger partial charge < -0.3 is 4.52 Å². The maximum absolute atomic E-state index is 12.7. The number of nitrogens with zero attached hydrogens (tertiary/aromatic N) is 3. The average molecular weight is 465 g/mol. The third-order valence-corrected chi connectivity index (χ3v) is 6.30. The number of sulfonamides is 1. The van der Waals surface area contributed by atoms with Gasteiger partial charge in [-0.2, -0.15) is 4.98 Å². The van der Waals surface area contributed by atoms with E-state index in [0.717, 1.165) is 11.1 Å². The summed E-state index contributed by atoms with van der Waals surface area (Å²) >= 11 is 0. The lowest BCUT2D eigenvalue weighted by Gasteiger charge is -2.12. The van der Waals surface area contributed by atoms with Crippen LogP contribution in [0, 0.1) is 13.8 Å². The van der Waals surface area contributed by atoms with Crippen molar-refractivity contribution in [1.82, 2.24) is 20.6 Å². The first kappa shape index (κ1) is 22.0. The number of hydrazine groups is 1. The summed E-state index contributed by atoms with van der Waals surface area (Å²) < 4.78 is 33.1. The molecular weight excluding hydrogens is 444 g/mol. The number of aryl methyl sites for hydroxylation is 1. The minimum atomic E-state index is -3.81. The van der Waals surface area contributed by atoms with E-state index in [1.54, 1.807) is 36.7 Å². The number of rotatable bonds is 7. The summed E-state index contributed by atoms with van der Waals surface area (Å²) in [6.07, 6.45) is 3.20. The van der Waals surface area contributed by atoms with E-state index in [1.165, 1.54) is 24.3 Å². The Kier molecular flexibility index (Phi) is 6.05. The van der Waals surface area contributed by atoms with Gasteiger partial charge in [0.1, 0.15) is 0 Å². The van der Waals surface area contributed by atoms with E-state index in [2.05, 4.69) is 30.7 Å². The number of pyridine rings is 1. The van der Waals surface area contributed by atoms with Crippen LogP contribution in [0.3, 0.4) is 0 Å². The SMILES string of the molecule is Cc1cccc(NS(=O)(=O)c2ccc(C(=O)NNc3nc(-c4ccncc4)no3)cc2)c1C. The third-order valence-electron chi connectivity index (χ3n) is 4.92. The molecule has 2 aromatic heterocycles. The van der Waals surface area contributed by atoms with Crippen molar-refractivity contribution in [1.29, 1.82) is 0 Å². The molecule has 0 radical (unpaired) electrons. The van der Waals surface area contributed by atoms with Crippen LogP contribution in [-0.2, 0) is 10.0 Å². The van der Waals surface area contributed by atoms with E-state index in [1.807, 2.05) is 19.9 Å². The average Bonchev–Trinajstić information content (AvgIpc) is 3.30. The van der Waals surface area contributed by atoms with Gasteiger partial charge in [0.2, 0.25) is 5.82 Å². The maximum Gasteiger partial charge on any atom is 0.340 e. The van der Waals surface area contributed by atoms with Gasteiger partial charge in [-0.25, -0.2) is 13.8 Å². The summed E-state index contributed by atoms with van der Waals surface area (Å²) in [4.78, 5) is 20.5. The highest BCUT2D eigenvalue weighted by atomic mass is 32.2. The van der Waals surface area contributed by atoms with E-state index in [9.17, 15) is 13.2 Å². The van der Waals surface area contributed by atoms with Gasteiger partial charge in [-0.1, -0.05) is 17.3 Å². The summed E-state index contributed by atoms with van der Waals surface area (Å²) in [7, 11) is -3.81. The monoisotopic (exact) mass is 464 g/mol. The number of anilines is 2. The molecule has 10 nitrogen and oxygen atoms in total. The highest BCUT2D eigenvalue weighted by molar-refractivity contribution is 7.92. The van der Waals surface area contributed by atoms with E-state index < -0.39 is 15.9 Å². The lowest BCUT2D eigenvalue weighted by atomic mass is 10.1. The first-order valence-electron chi connectivity index (χ1n) is 9.83. The molecule has 2 aromatic carbocycles. The fourth-order valence-electron chi connectivity index (χ4n) is 2.93. The molecule has 4 aromatic rings. The van der Waals surface area contributed by atoms with Crippen molar-refractivity contribution in [2.45, 2.75) is 18.7 Å². The normalized spacial score (nSPS) is 11.1. The fraction of sp³-hybridized carbons (Fsp3) is 0.0909. The predicted octanol–water partition coefficient (Wildman–Crippen LogP) is 3.31. The fourth-order valence-corrected chi connectivity index (χ4v) is 4.05. The number of amides is 1. The molecule has 1 amide bonds. The van der Waals surface area contributed by atoms with Crippen LogP contribution in [0.1, 0.15) is 21.5 Å². The Hall–Kier alpha value is -4.25. The molecule has 0 aliphatic rings. The van der Waals surface area contributed by atoms with Gasteiger partial charge in [0.25, 0.3) is 15.9 Å². The number of aromatic nitrogens is 3. The molecule has 4 rings (SSSR count). The summed E-state index contributed by atoms with van der Waals surface area (Å²) in [6, 6.07) is 14.4. The van der Waals surface area contributed by atoms with Crippen molar-refractivity contribution in [3.05, 3.63) is 83.7 Å². The largest absolute Gasteiger partial charge is 0.340 e. The Morgan fingerprint density at radius 3 is 2.42 bits per heavy atom. The second-order valence-electron chi connectivity index (χ2n) is 7.12. The number of hydrogen-bond donors (Lipinski definition) is 3. The highest BCUT2D eigenvalue weighted by Gasteiger charge is 2.17. The Morgan fingerprint density at radius 1 is 0.970 bits per heavy atom. The van der Waals surface area contributed by atoms with Crippen LogP contribution < -0.4 is 15.6 Å². The van der Waals surface area contributed by atoms with E-state index in [0.29, 0.717) is 17.1 Å². The van der Waals surface area contributed by atoms with Crippen LogP contribution in [0.5, 0.6) is 0 Å². The van der Waals surface area contributed by atoms with Crippen molar-refractivity contribution in [3.63, 3.8) is 0 Å². The van der Waals surface area contributed by atoms with Crippen LogP contribution >= 0.6 is 0 Å². The van der Waals surface area contributed by atoms with Gasteiger partial charge in [0, 0.05) is 23.5 Å². The van der Waals surface area contributed by atoms with Crippen molar-refractivity contribution < 1.29 is 17.7 Å². The molecule has 0 saturated carbocycles. The van der Waals surface area contributed by atoms with Crippen molar-refractivity contribution >= 4 is 27.6 Å². The highest BCUT2D eigenvalue weighted by Crippen LogP contribution is 2.22. The van der Waals surface area contributed by atoms with Crippen LogP contribution in [0.4, 0.5) is 11.7 Å². The molecule has 0 bridgehead atoms. The van der Waals surface area contributed by atoms with Gasteiger partial charge in [-0.05, 0) is 67.4 Å². The van der Waals surface area contributed by atoms with E-state index in [4.69, 9.17) is 4.52 Å². The van der Waals surface area contributed by atoms with E-state index in [-0.39, 0.29) is 16.5 Å². The molecule has 0 fully saturated rings. The first-order chi connectivity index (χ1) is 15.8. The van der Waals surface area contributed by atoms with Gasteiger partial charge in [0.05, 0.1) is 10.6 Å².